The molecule has 0 unspecified atom stereocenters. The molecule has 0 saturated carbocycles. The number of aromatic nitrogens is 2. The topological polar surface area (TPSA) is 85.4 Å². The van der Waals surface area contributed by atoms with Crippen LogP contribution in [0.2, 0.25) is 0 Å². The third-order valence-corrected chi connectivity index (χ3v) is 2.81. The lowest BCUT2D eigenvalue weighted by atomic mass is 10.2. The zero-order valence-corrected chi connectivity index (χ0v) is 12.4. The van der Waals surface area contributed by atoms with E-state index < -0.39 is 0 Å². The van der Waals surface area contributed by atoms with E-state index in [2.05, 4.69) is 20.3 Å². The average Bonchev–Trinajstić information content (AvgIpc) is 2.44. The van der Waals surface area contributed by atoms with Gasteiger partial charge in [-0.15, -0.1) is 0 Å². The van der Waals surface area contributed by atoms with Gasteiger partial charge < -0.3 is 10.5 Å². The summed E-state index contributed by atoms with van der Waals surface area (Å²) in [5.74, 6) is 1.57. The highest BCUT2D eigenvalue weighted by Gasteiger charge is 2.01. The van der Waals surface area contributed by atoms with E-state index in [0.29, 0.717) is 12.5 Å². The van der Waals surface area contributed by atoms with E-state index >= 15 is 0 Å². The molecule has 0 atom stereocenters. The van der Waals surface area contributed by atoms with Crippen LogP contribution in [0, 0.1) is 13.8 Å². The van der Waals surface area contributed by atoms with Crippen LogP contribution in [0.15, 0.2) is 35.3 Å². The number of benzene rings is 1. The monoisotopic (exact) mass is 285 g/mol. The summed E-state index contributed by atoms with van der Waals surface area (Å²) in [5.41, 5.74) is 8.65. The fourth-order valence-electron chi connectivity index (χ4n) is 1.84. The highest BCUT2D eigenvalue weighted by Crippen LogP contribution is 2.12. The summed E-state index contributed by atoms with van der Waals surface area (Å²) in [6.07, 6.45) is 0. The van der Waals surface area contributed by atoms with Gasteiger partial charge in [0.1, 0.15) is 5.75 Å². The Labute approximate surface area is 124 Å². The summed E-state index contributed by atoms with van der Waals surface area (Å²) in [6, 6.07) is 9.57. The molecule has 6 nitrogen and oxygen atoms in total. The van der Waals surface area contributed by atoms with Gasteiger partial charge in [-0.05, 0) is 37.6 Å². The number of aliphatic imine (C=N–C) groups is 1. The summed E-state index contributed by atoms with van der Waals surface area (Å²) in [6.45, 7) is 4.29. The molecule has 1 aromatic heterocycles. The maximum Gasteiger partial charge on any atom is 0.229 e. The molecular formula is C15H19N5O. The maximum atomic E-state index is 5.84. The second-order valence-corrected chi connectivity index (χ2v) is 4.65. The summed E-state index contributed by atoms with van der Waals surface area (Å²) in [7, 11) is 1.64. The highest BCUT2D eigenvalue weighted by atomic mass is 16.5. The van der Waals surface area contributed by atoms with Crippen LogP contribution >= 0.6 is 0 Å². The lowest BCUT2D eigenvalue weighted by molar-refractivity contribution is 0.414. The van der Waals surface area contributed by atoms with Gasteiger partial charge in [-0.2, -0.15) is 0 Å². The lowest BCUT2D eigenvalue weighted by Crippen LogP contribution is -2.24. The Hall–Kier alpha value is -2.63. The van der Waals surface area contributed by atoms with E-state index in [0.717, 1.165) is 22.7 Å². The number of anilines is 1. The van der Waals surface area contributed by atoms with Crippen molar-refractivity contribution in [3.63, 3.8) is 0 Å². The van der Waals surface area contributed by atoms with E-state index in [9.17, 15) is 0 Å². The van der Waals surface area contributed by atoms with E-state index in [4.69, 9.17) is 10.5 Å². The Morgan fingerprint density at radius 1 is 1.19 bits per heavy atom. The minimum atomic E-state index is 0.288. The molecule has 0 bridgehead atoms. The van der Waals surface area contributed by atoms with Crippen molar-refractivity contribution < 1.29 is 4.74 Å². The lowest BCUT2D eigenvalue weighted by Gasteiger charge is -2.06. The number of guanidine groups is 1. The molecule has 110 valence electrons. The number of methoxy groups -OCH3 is 1. The second-order valence-electron chi connectivity index (χ2n) is 4.65. The number of aryl methyl sites for hydroxylation is 2. The molecule has 2 aromatic rings. The number of nitrogens with one attached hydrogen (secondary N) is 1. The van der Waals surface area contributed by atoms with Crippen LogP contribution < -0.4 is 15.8 Å². The number of nitrogens with two attached hydrogens (primary N) is 1. The van der Waals surface area contributed by atoms with Gasteiger partial charge in [0.2, 0.25) is 5.95 Å². The zero-order valence-electron chi connectivity index (χ0n) is 12.4. The summed E-state index contributed by atoms with van der Waals surface area (Å²) in [5, 5.41) is 2.90. The molecule has 0 saturated heterocycles. The van der Waals surface area contributed by atoms with Crippen LogP contribution in [-0.2, 0) is 6.54 Å². The normalized spacial score (nSPS) is 11.3. The highest BCUT2D eigenvalue weighted by molar-refractivity contribution is 5.90. The van der Waals surface area contributed by atoms with E-state index in [-0.39, 0.29) is 5.96 Å². The Kier molecular flexibility index (Phi) is 4.71. The second kappa shape index (κ2) is 6.69. The van der Waals surface area contributed by atoms with E-state index in [1.807, 2.05) is 44.2 Å². The SMILES string of the molecule is COc1ccc(CN=C(N)Nc2nc(C)cc(C)n2)cc1. The van der Waals surface area contributed by atoms with Crippen molar-refractivity contribution in [2.24, 2.45) is 10.7 Å². The molecule has 21 heavy (non-hydrogen) atoms. The van der Waals surface area contributed by atoms with Crippen molar-refractivity contribution >= 4 is 11.9 Å². The molecule has 0 fully saturated rings. The van der Waals surface area contributed by atoms with Gasteiger partial charge in [-0.25, -0.2) is 15.0 Å². The molecule has 3 N–H and O–H groups in total. The molecule has 0 radical (unpaired) electrons. The minimum absolute atomic E-state index is 0.288. The van der Waals surface area contributed by atoms with Gasteiger partial charge in [0, 0.05) is 11.4 Å². The van der Waals surface area contributed by atoms with Crippen LogP contribution in [0.1, 0.15) is 17.0 Å². The zero-order chi connectivity index (χ0) is 15.2. The minimum Gasteiger partial charge on any atom is -0.497 e. The summed E-state index contributed by atoms with van der Waals surface area (Å²) in [4.78, 5) is 12.8. The Balaban J connectivity index is 2.00. The predicted molar refractivity (Wildman–Crippen MR) is 83.4 cm³/mol. The van der Waals surface area contributed by atoms with Crippen molar-refractivity contribution in [2.75, 3.05) is 12.4 Å². The third-order valence-electron chi connectivity index (χ3n) is 2.81. The average molecular weight is 285 g/mol. The molecule has 0 spiro atoms. The van der Waals surface area contributed by atoms with Crippen LogP contribution in [0.4, 0.5) is 5.95 Å². The molecule has 0 amide bonds. The summed E-state index contributed by atoms with van der Waals surface area (Å²) >= 11 is 0. The number of rotatable bonds is 4. The Bertz CT molecular complexity index is 617. The quantitative estimate of drug-likeness (QED) is 0.663. The molecule has 0 aliphatic heterocycles. The van der Waals surface area contributed by atoms with Gasteiger partial charge in [0.25, 0.3) is 0 Å². The molecule has 1 aromatic carbocycles. The van der Waals surface area contributed by atoms with E-state index in [1.54, 1.807) is 7.11 Å². The molecule has 0 aliphatic rings. The molecule has 0 aliphatic carbocycles. The Morgan fingerprint density at radius 2 is 1.81 bits per heavy atom. The third kappa shape index (κ3) is 4.45. The molecule has 1 heterocycles. The fraction of sp³-hybridized carbons (Fsp3) is 0.267. The number of hydrogen-bond acceptors (Lipinski definition) is 4. The van der Waals surface area contributed by atoms with Crippen molar-refractivity contribution in [1.29, 1.82) is 0 Å². The van der Waals surface area contributed by atoms with Crippen LogP contribution in [0.3, 0.4) is 0 Å². The Morgan fingerprint density at radius 3 is 2.38 bits per heavy atom. The van der Waals surface area contributed by atoms with Crippen molar-refractivity contribution in [2.45, 2.75) is 20.4 Å². The smallest absolute Gasteiger partial charge is 0.229 e. The van der Waals surface area contributed by atoms with Gasteiger partial charge >= 0.3 is 0 Å². The van der Waals surface area contributed by atoms with Crippen LogP contribution in [0.25, 0.3) is 0 Å². The fourth-order valence-corrected chi connectivity index (χ4v) is 1.84. The van der Waals surface area contributed by atoms with Gasteiger partial charge in [0.05, 0.1) is 13.7 Å². The number of hydrogen-bond donors (Lipinski definition) is 2. The van der Waals surface area contributed by atoms with Gasteiger partial charge in [0.15, 0.2) is 5.96 Å². The molecular weight excluding hydrogens is 266 g/mol. The van der Waals surface area contributed by atoms with Gasteiger partial charge in [-0.1, -0.05) is 12.1 Å². The van der Waals surface area contributed by atoms with Crippen molar-refractivity contribution in [3.8, 4) is 5.75 Å². The number of ether oxygens (including phenoxy) is 1. The van der Waals surface area contributed by atoms with Crippen molar-refractivity contribution in [3.05, 3.63) is 47.3 Å². The first kappa shape index (κ1) is 14.8. The van der Waals surface area contributed by atoms with Crippen molar-refractivity contribution in [1.82, 2.24) is 9.97 Å². The predicted octanol–water partition coefficient (Wildman–Crippen LogP) is 2.03. The first-order valence-electron chi connectivity index (χ1n) is 6.59. The summed E-state index contributed by atoms with van der Waals surface area (Å²) < 4.78 is 5.11. The standard InChI is InChI=1S/C15H19N5O/c1-10-8-11(2)19-15(18-10)20-14(16)17-9-12-4-6-13(21-3)7-5-12/h4-8H,9H2,1-3H3,(H3,16,17,18,19,20). The van der Waals surface area contributed by atoms with Crippen LogP contribution in [-0.4, -0.2) is 23.0 Å². The van der Waals surface area contributed by atoms with Gasteiger partial charge in [-0.3, -0.25) is 5.32 Å². The van der Waals surface area contributed by atoms with Crippen LogP contribution in [0.5, 0.6) is 5.75 Å². The molecule has 6 heteroatoms. The van der Waals surface area contributed by atoms with E-state index in [1.165, 1.54) is 0 Å². The largest absolute Gasteiger partial charge is 0.497 e. The first-order chi connectivity index (χ1) is 10.1. The first-order valence-corrected chi connectivity index (χ1v) is 6.59. The number of nitrogens with zero attached hydrogens (tertiary/aromatic N) is 3. The molecule has 2 rings (SSSR count). The maximum absolute atomic E-state index is 5.84.